The predicted octanol–water partition coefficient (Wildman–Crippen LogP) is 3.85. The Morgan fingerprint density at radius 3 is 2.88 bits per heavy atom. The van der Waals surface area contributed by atoms with Crippen molar-refractivity contribution < 1.29 is 0 Å². The molecular formula is C14H23NS. The van der Waals surface area contributed by atoms with Crippen LogP contribution in [0.15, 0.2) is 16.8 Å². The Balaban J connectivity index is 1.89. The summed E-state index contributed by atoms with van der Waals surface area (Å²) in [5, 5.41) is 8.18. The van der Waals surface area contributed by atoms with Gasteiger partial charge < -0.3 is 5.32 Å². The zero-order valence-corrected chi connectivity index (χ0v) is 11.3. The van der Waals surface area contributed by atoms with Gasteiger partial charge in [-0.25, -0.2) is 0 Å². The molecule has 1 atom stereocenters. The lowest BCUT2D eigenvalue weighted by Crippen LogP contribution is -2.34. The van der Waals surface area contributed by atoms with Crippen LogP contribution in [0.1, 0.15) is 45.1 Å². The van der Waals surface area contributed by atoms with E-state index in [4.69, 9.17) is 0 Å². The SMILES string of the molecule is CCCC(C)(CNC1CC1)Cc1ccsc1. The zero-order valence-electron chi connectivity index (χ0n) is 10.5. The molecule has 0 bridgehead atoms. The molecule has 90 valence electrons. The summed E-state index contributed by atoms with van der Waals surface area (Å²) in [6.07, 6.45) is 6.61. The zero-order chi connectivity index (χ0) is 11.4. The van der Waals surface area contributed by atoms with Crippen molar-refractivity contribution in [2.75, 3.05) is 6.54 Å². The third kappa shape index (κ3) is 3.60. The summed E-state index contributed by atoms with van der Waals surface area (Å²) in [4.78, 5) is 0. The van der Waals surface area contributed by atoms with Gasteiger partial charge in [0.25, 0.3) is 0 Å². The number of thiophene rings is 1. The van der Waals surface area contributed by atoms with E-state index in [0.29, 0.717) is 5.41 Å². The minimum absolute atomic E-state index is 0.443. The van der Waals surface area contributed by atoms with Crippen LogP contribution in [0, 0.1) is 5.41 Å². The average molecular weight is 237 g/mol. The molecule has 0 radical (unpaired) electrons. The smallest absolute Gasteiger partial charge is 0.00684 e. The van der Waals surface area contributed by atoms with Crippen molar-refractivity contribution in [1.82, 2.24) is 5.32 Å². The number of hydrogen-bond acceptors (Lipinski definition) is 2. The van der Waals surface area contributed by atoms with Crippen LogP contribution >= 0.6 is 11.3 Å². The molecule has 2 heteroatoms. The van der Waals surface area contributed by atoms with E-state index in [9.17, 15) is 0 Å². The molecule has 1 unspecified atom stereocenters. The quantitative estimate of drug-likeness (QED) is 0.759. The van der Waals surface area contributed by atoms with Gasteiger partial charge >= 0.3 is 0 Å². The highest BCUT2D eigenvalue weighted by Crippen LogP contribution is 2.30. The number of rotatable bonds is 7. The third-order valence-corrected chi connectivity index (χ3v) is 4.19. The summed E-state index contributed by atoms with van der Waals surface area (Å²) in [6.45, 7) is 5.91. The topological polar surface area (TPSA) is 12.0 Å². The van der Waals surface area contributed by atoms with Crippen molar-refractivity contribution in [2.45, 2.75) is 52.0 Å². The molecule has 1 aromatic rings. The third-order valence-electron chi connectivity index (χ3n) is 3.46. The first kappa shape index (κ1) is 12.1. The first-order valence-electron chi connectivity index (χ1n) is 6.46. The average Bonchev–Trinajstić information content (AvgIpc) is 2.95. The first-order chi connectivity index (χ1) is 7.72. The van der Waals surface area contributed by atoms with Gasteiger partial charge in [0.2, 0.25) is 0 Å². The highest BCUT2D eigenvalue weighted by molar-refractivity contribution is 7.07. The van der Waals surface area contributed by atoms with Crippen molar-refractivity contribution in [3.8, 4) is 0 Å². The van der Waals surface area contributed by atoms with Crippen LogP contribution in [-0.4, -0.2) is 12.6 Å². The summed E-state index contributed by atoms with van der Waals surface area (Å²) >= 11 is 1.81. The van der Waals surface area contributed by atoms with Gasteiger partial charge in [0.15, 0.2) is 0 Å². The molecular weight excluding hydrogens is 214 g/mol. The van der Waals surface area contributed by atoms with E-state index in [-0.39, 0.29) is 0 Å². The van der Waals surface area contributed by atoms with Crippen LogP contribution in [0.4, 0.5) is 0 Å². The van der Waals surface area contributed by atoms with E-state index in [1.807, 2.05) is 11.3 Å². The Kier molecular flexibility index (Phi) is 4.04. The van der Waals surface area contributed by atoms with E-state index in [1.165, 1.54) is 44.2 Å². The van der Waals surface area contributed by atoms with Crippen molar-refractivity contribution >= 4 is 11.3 Å². The van der Waals surface area contributed by atoms with Gasteiger partial charge in [-0.3, -0.25) is 0 Å². The van der Waals surface area contributed by atoms with Gasteiger partial charge in [-0.05, 0) is 53.5 Å². The lowest BCUT2D eigenvalue weighted by Gasteiger charge is -2.29. The van der Waals surface area contributed by atoms with E-state index in [1.54, 1.807) is 0 Å². The van der Waals surface area contributed by atoms with Crippen LogP contribution in [-0.2, 0) is 6.42 Å². The molecule has 1 saturated carbocycles. The fourth-order valence-corrected chi connectivity index (χ4v) is 3.08. The van der Waals surface area contributed by atoms with Crippen molar-refractivity contribution in [3.63, 3.8) is 0 Å². The Labute approximate surface area is 103 Å². The summed E-state index contributed by atoms with van der Waals surface area (Å²) in [5.41, 5.74) is 1.96. The highest BCUT2D eigenvalue weighted by atomic mass is 32.1. The Morgan fingerprint density at radius 1 is 1.50 bits per heavy atom. The van der Waals surface area contributed by atoms with Crippen LogP contribution in [0.3, 0.4) is 0 Å². The van der Waals surface area contributed by atoms with Gasteiger partial charge in [0, 0.05) is 12.6 Å². The maximum atomic E-state index is 3.70. The molecule has 1 aliphatic rings. The summed E-state index contributed by atoms with van der Waals surface area (Å²) in [7, 11) is 0. The van der Waals surface area contributed by atoms with Crippen molar-refractivity contribution in [2.24, 2.45) is 5.41 Å². The molecule has 1 fully saturated rings. The Hall–Kier alpha value is -0.340. The van der Waals surface area contributed by atoms with Crippen LogP contribution in [0.5, 0.6) is 0 Å². The van der Waals surface area contributed by atoms with Crippen LogP contribution in [0.25, 0.3) is 0 Å². The van der Waals surface area contributed by atoms with E-state index < -0.39 is 0 Å². The van der Waals surface area contributed by atoms with Gasteiger partial charge in [-0.1, -0.05) is 20.3 Å². The molecule has 0 spiro atoms. The van der Waals surface area contributed by atoms with Gasteiger partial charge in [-0.2, -0.15) is 11.3 Å². The fraction of sp³-hybridized carbons (Fsp3) is 0.714. The summed E-state index contributed by atoms with van der Waals surface area (Å²) < 4.78 is 0. The monoisotopic (exact) mass is 237 g/mol. The number of hydrogen-bond donors (Lipinski definition) is 1. The molecule has 1 nitrogen and oxygen atoms in total. The predicted molar refractivity (Wildman–Crippen MR) is 72.1 cm³/mol. The van der Waals surface area contributed by atoms with E-state index >= 15 is 0 Å². The Morgan fingerprint density at radius 2 is 2.31 bits per heavy atom. The second-order valence-corrected chi connectivity index (χ2v) is 6.30. The maximum absolute atomic E-state index is 3.70. The summed E-state index contributed by atoms with van der Waals surface area (Å²) in [5.74, 6) is 0. The van der Waals surface area contributed by atoms with E-state index in [0.717, 1.165) is 6.04 Å². The molecule has 0 amide bonds. The number of nitrogens with one attached hydrogen (secondary N) is 1. The summed E-state index contributed by atoms with van der Waals surface area (Å²) in [6, 6.07) is 3.11. The van der Waals surface area contributed by atoms with E-state index in [2.05, 4.69) is 36.0 Å². The first-order valence-corrected chi connectivity index (χ1v) is 7.40. The van der Waals surface area contributed by atoms with Gasteiger partial charge in [0.05, 0.1) is 0 Å². The molecule has 1 N–H and O–H groups in total. The largest absolute Gasteiger partial charge is 0.313 e. The molecule has 1 aliphatic carbocycles. The highest BCUT2D eigenvalue weighted by Gasteiger charge is 2.28. The maximum Gasteiger partial charge on any atom is 0.00684 e. The molecule has 0 aliphatic heterocycles. The second kappa shape index (κ2) is 5.33. The van der Waals surface area contributed by atoms with Crippen LogP contribution < -0.4 is 5.32 Å². The van der Waals surface area contributed by atoms with Crippen LogP contribution in [0.2, 0.25) is 0 Å². The minimum atomic E-state index is 0.443. The molecule has 0 aromatic carbocycles. The standard InChI is InChI=1S/C14H23NS/c1-3-7-14(2,11-15-13-4-5-13)9-12-6-8-16-10-12/h6,8,10,13,15H,3-5,7,9,11H2,1-2H3. The van der Waals surface area contributed by atoms with Gasteiger partial charge in [-0.15, -0.1) is 0 Å². The second-order valence-electron chi connectivity index (χ2n) is 5.52. The minimum Gasteiger partial charge on any atom is -0.313 e. The molecule has 16 heavy (non-hydrogen) atoms. The Bertz CT molecular complexity index is 303. The lowest BCUT2D eigenvalue weighted by atomic mass is 9.80. The fourth-order valence-electron chi connectivity index (χ4n) is 2.41. The molecule has 1 aromatic heterocycles. The van der Waals surface area contributed by atoms with Crippen molar-refractivity contribution in [3.05, 3.63) is 22.4 Å². The molecule has 1 heterocycles. The van der Waals surface area contributed by atoms with Crippen molar-refractivity contribution in [1.29, 1.82) is 0 Å². The molecule has 0 saturated heterocycles. The lowest BCUT2D eigenvalue weighted by molar-refractivity contribution is 0.274. The normalized spacial score (nSPS) is 19.6. The molecule has 2 rings (SSSR count). The van der Waals surface area contributed by atoms with Gasteiger partial charge in [0.1, 0.15) is 0 Å².